The van der Waals surface area contributed by atoms with Crippen molar-refractivity contribution in [2.75, 3.05) is 30.0 Å². The molecule has 0 amide bonds. The van der Waals surface area contributed by atoms with Crippen LogP contribution in [-0.4, -0.2) is 36.8 Å². The number of nitro benzene ring substituents is 1. The van der Waals surface area contributed by atoms with E-state index in [1.54, 1.807) is 25.3 Å². The molecule has 0 atom stereocenters. The molecular formula is C21H24N4O4. The van der Waals surface area contributed by atoms with E-state index >= 15 is 0 Å². The molecule has 0 bridgehead atoms. The Hall–Kier alpha value is -3.42. The van der Waals surface area contributed by atoms with Crippen LogP contribution in [0.15, 0.2) is 53.6 Å². The lowest BCUT2D eigenvalue weighted by Gasteiger charge is -2.32. The molecule has 1 N–H and O–H groups in total. The number of anilines is 2. The first-order chi connectivity index (χ1) is 14.1. The van der Waals surface area contributed by atoms with Crippen LogP contribution in [0.5, 0.6) is 0 Å². The third-order valence-electron chi connectivity index (χ3n) is 4.83. The number of carbonyl (C=O) groups excluding carboxylic acids is 1. The van der Waals surface area contributed by atoms with Gasteiger partial charge in [0.05, 0.1) is 29.4 Å². The van der Waals surface area contributed by atoms with E-state index in [1.165, 1.54) is 6.07 Å². The predicted octanol–water partition coefficient (Wildman–Crippen LogP) is 3.82. The average Bonchev–Trinajstić information content (AvgIpc) is 2.75. The molecule has 1 fully saturated rings. The number of nitrogens with zero attached hydrogens (tertiary/aromatic N) is 3. The van der Waals surface area contributed by atoms with Crippen LogP contribution in [-0.2, 0) is 9.53 Å². The number of hydrazone groups is 1. The Bertz CT molecular complexity index is 878. The van der Waals surface area contributed by atoms with Crippen molar-refractivity contribution >= 4 is 29.2 Å². The Morgan fingerprint density at radius 3 is 2.66 bits per heavy atom. The monoisotopic (exact) mass is 396 g/mol. The minimum absolute atomic E-state index is 0.0308. The van der Waals surface area contributed by atoms with Gasteiger partial charge in [-0.2, -0.15) is 5.10 Å². The van der Waals surface area contributed by atoms with Gasteiger partial charge in [0.2, 0.25) is 0 Å². The topological polar surface area (TPSA) is 97.1 Å². The molecule has 1 heterocycles. The second kappa shape index (κ2) is 9.68. The van der Waals surface area contributed by atoms with Gasteiger partial charge in [-0.3, -0.25) is 20.3 Å². The second-order valence-electron chi connectivity index (χ2n) is 6.75. The van der Waals surface area contributed by atoms with Gasteiger partial charge >= 0.3 is 5.97 Å². The zero-order valence-electron chi connectivity index (χ0n) is 16.3. The van der Waals surface area contributed by atoms with E-state index < -0.39 is 0 Å². The van der Waals surface area contributed by atoms with Crippen LogP contribution >= 0.6 is 0 Å². The first kappa shape index (κ1) is 20.3. The van der Waals surface area contributed by atoms with Gasteiger partial charge in [0.15, 0.2) is 0 Å². The zero-order valence-corrected chi connectivity index (χ0v) is 16.3. The van der Waals surface area contributed by atoms with Crippen molar-refractivity contribution in [3.63, 3.8) is 0 Å². The summed E-state index contributed by atoms with van der Waals surface area (Å²) in [5.41, 5.74) is 4.94. The number of benzene rings is 2. The van der Waals surface area contributed by atoms with E-state index in [4.69, 9.17) is 4.74 Å². The van der Waals surface area contributed by atoms with Crippen molar-refractivity contribution < 1.29 is 14.5 Å². The van der Waals surface area contributed by atoms with Gasteiger partial charge in [-0.25, -0.2) is 0 Å². The van der Waals surface area contributed by atoms with Crippen LogP contribution in [0.3, 0.4) is 0 Å². The summed E-state index contributed by atoms with van der Waals surface area (Å²) < 4.78 is 5.08. The largest absolute Gasteiger partial charge is 0.466 e. The maximum atomic E-state index is 11.9. The highest BCUT2D eigenvalue weighted by Gasteiger charge is 2.29. The molecule has 0 radical (unpaired) electrons. The molecule has 2 aromatic carbocycles. The molecule has 0 aliphatic carbocycles. The fourth-order valence-corrected chi connectivity index (χ4v) is 3.34. The van der Waals surface area contributed by atoms with Gasteiger partial charge in [0, 0.05) is 24.7 Å². The smallest absolute Gasteiger partial charge is 0.309 e. The van der Waals surface area contributed by atoms with Gasteiger partial charge in [-0.15, -0.1) is 0 Å². The van der Waals surface area contributed by atoms with Crippen molar-refractivity contribution in [2.24, 2.45) is 11.0 Å². The molecule has 8 nitrogen and oxygen atoms in total. The highest BCUT2D eigenvalue weighted by Crippen LogP contribution is 2.32. The number of hydrogen-bond acceptors (Lipinski definition) is 7. The second-order valence-corrected chi connectivity index (χ2v) is 6.75. The molecule has 152 valence electrons. The predicted molar refractivity (Wildman–Crippen MR) is 112 cm³/mol. The van der Waals surface area contributed by atoms with Crippen LogP contribution in [0.1, 0.15) is 25.3 Å². The molecule has 3 rings (SSSR count). The molecule has 1 aliphatic heterocycles. The van der Waals surface area contributed by atoms with Crippen LogP contribution in [0.25, 0.3) is 0 Å². The number of piperidine rings is 1. The molecule has 0 aromatic heterocycles. The summed E-state index contributed by atoms with van der Waals surface area (Å²) in [6.45, 7) is 3.31. The fourth-order valence-electron chi connectivity index (χ4n) is 3.34. The Morgan fingerprint density at radius 1 is 1.28 bits per heavy atom. The number of rotatable bonds is 7. The molecule has 29 heavy (non-hydrogen) atoms. The fraction of sp³-hybridized carbons (Fsp3) is 0.333. The Morgan fingerprint density at radius 2 is 2.00 bits per heavy atom. The number of ether oxygens (including phenoxy) is 1. The number of carbonyl (C=O) groups is 1. The Labute approximate surface area is 169 Å². The molecule has 2 aromatic rings. The summed E-state index contributed by atoms with van der Waals surface area (Å²) in [5.74, 6) is -0.320. The maximum Gasteiger partial charge on any atom is 0.309 e. The lowest BCUT2D eigenvalue weighted by molar-refractivity contribution is -0.384. The van der Waals surface area contributed by atoms with E-state index in [9.17, 15) is 14.9 Å². The summed E-state index contributed by atoms with van der Waals surface area (Å²) in [4.78, 5) is 25.1. The number of nitrogens with one attached hydrogen (secondary N) is 1. The molecule has 0 saturated carbocycles. The van der Waals surface area contributed by atoms with Crippen molar-refractivity contribution in [1.82, 2.24) is 0 Å². The summed E-state index contributed by atoms with van der Waals surface area (Å²) in [5, 5.41) is 15.8. The Balaban J connectivity index is 1.69. The van der Waals surface area contributed by atoms with Crippen LogP contribution < -0.4 is 10.3 Å². The number of para-hydroxylation sites is 1. The summed E-state index contributed by atoms with van der Waals surface area (Å²) >= 11 is 0. The van der Waals surface area contributed by atoms with Gasteiger partial charge in [-0.05, 0) is 38.0 Å². The minimum atomic E-state index is -0.380. The first-order valence-electron chi connectivity index (χ1n) is 9.62. The highest BCUT2D eigenvalue weighted by molar-refractivity contribution is 5.84. The van der Waals surface area contributed by atoms with Crippen molar-refractivity contribution in [3.8, 4) is 0 Å². The molecular weight excluding hydrogens is 372 g/mol. The summed E-state index contributed by atoms with van der Waals surface area (Å²) in [6.07, 6.45) is 2.80. The molecule has 1 aliphatic rings. The van der Waals surface area contributed by atoms with E-state index in [0.717, 1.165) is 5.69 Å². The van der Waals surface area contributed by atoms with Crippen LogP contribution in [0, 0.1) is 16.0 Å². The lowest BCUT2D eigenvalue weighted by atomic mass is 9.96. The number of hydrogen-bond donors (Lipinski definition) is 1. The number of esters is 1. The standard InChI is InChI=1S/C21H24N4O4/c1-2-29-21(26)17-10-12-24(13-11-17)19-9-8-16(14-20(19)25(27)28)15-22-23-18-6-4-3-5-7-18/h3-9,14-15,17,23H,2,10-13H2,1H3. The van der Waals surface area contributed by atoms with Gasteiger partial charge in [0.1, 0.15) is 5.69 Å². The quantitative estimate of drug-likeness (QED) is 0.331. The van der Waals surface area contributed by atoms with Crippen molar-refractivity contribution in [3.05, 3.63) is 64.2 Å². The van der Waals surface area contributed by atoms with Crippen LogP contribution in [0.2, 0.25) is 0 Å². The normalized spacial score (nSPS) is 14.7. The first-order valence-corrected chi connectivity index (χ1v) is 9.62. The molecule has 0 unspecified atom stereocenters. The summed E-state index contributed by atoms with van der Waals surface area (Å²) in [6, 6.07) is 14.5. The molecule has 8 heteroatoms. The SMILES string of the molecule is CCOC(=O)C1CCN(c2ccc(C=NNc3ccccc3)cc2[N+](=O)[O-])CC1. The van der Waals surface area contributed by atoms with Gasteiger partial charge < -0.3 is 9.64 Å². The zero-order chi connectivity index (χ0) is 20.6. The van der Waals surface area contributed by atoms with Gasteiger partial charge in [-0.1, -0.05) is 24.3 Å². The van der Waals surface area contributed by atoms with E-state index in [-0.39, 0.29) is 22.5 Å². The average molecular weight is 396 g/mol. The minimum Gasteiger partial charge on any atom is -0.466 e. The maximum absolute atomic E-state index is 11.9. The van der Waals surface area contributed by atoms with E-state index in [1.807, 2.05) is 35.2 Å². The molecule has 1 saturated heterocycles. The van der Waals surface area contributed by atoms with Crippen molar-refractivity contribution in [1.29, 1.82) is 0 Å². The Kier molecular flexibility index (Phi) is 6.78. The van der Waals surface area contributed by atoms with E-state index in [0.29, 0.717) is 43.8 Å². The summed E-state index contributed by atoms with van der Waals surface area (Å²) in [7, 11) is 0. The third-order valence-corrected chi connectivity index (χ3v) is 4.83. The van der Waals surface area contributed by atoms with Crippen LogP contribution in [0.4, 0.5) is 17.1 Å². The van der Waals surface area contributed by atoms with Crippen molar-refractivity contribution in [2.45, 2.75) is 19.8 Å². The highest BCUT2D eigenvalue weighted by atomic mass is 16.6. The lowest BCUT2D eigenvalue weighted by Crippen LogP contribution is -2.37. The van der Waals surface area contributed by atoms with Gasteiger partial charge in [0.25, 0.3) is 5.69 Å². The number of nitro groups is 1. The third kappa shape index (κ3) is 5.31. The van der Waals surface area contributed by atoms with E-state index in [2.05, 4.69) is 10.5 Å². The molecule has 0 spiro atoms.